The van der Waals surface area contributed by atoms with Gasteiger partial charge in [-0.15, -0.1) is 0 Å². The third-order valence-corrected chi connectivity index (χ3v) is 4.63. The highest BCUT2D eigenvalue weighted by molar-refractivity contribution is 6.32. The van der Waals surface area contributed by atoms with Crippen LogP contribution in [0.3, 0.4) is 0 Å². The molecule has 0 unspecified atom stereocenters. The summed E-state index contributed by atoms with van der Waals surface area (Å²) in [7, 11) is 0. The normalized spacial score (nSPS) is 14.8. The Morgan fingerprint density at radius 3 is 2.73 bits per heavy atom. The molecule has 2 heterocycles. The number of aromatic nitrogens is 2. The van der Waals surface area contributed by atoms with Crippen LogP contribution in [0.25, 0.3) is 0 Å². The largest absolute Gasteiger partial charge is 0.378 e. The molecule has 0 atom stereocenters. The monoisotopic (exact) mass is 410 g/mol. The van der Waals surface area contributed by atoms with Crippen molar-refractivity contribution in [1.82, 2.24) is 9.97 Å². The van der Waals surface area contributed by atoms with Crippen molar-refractivity contribution in [2.75, 3.05) is 61.5 Å². The molecule has 1 aromatic carbocycles. The van der Waals surface area contributed by atoms with Crippen molar-refractivity contribution in [1.29, 1.82) is 0 Å². The summed E-state index contributed by atoms with van der Waals surface area (Å²) in [4.78, 5) is 15.7. The van der Waals surface area contributed by atoms with Crippen molar-refractivity contribution >= 4 is 29.5 Å². The zero-order chi connectivity index (χ0) is 21.0. The molecule has 4 N–H and O–H groups in total. The van der Waals surface area contributed by atoms with E-state index < -0.39 is 0 Å². The molecule has 1 saturated heterocycles. The van der Waals surface area contributed by atoms with Crippen LogP contribution < -0.4 is 21.4 Å². The molecule has 1 aliphatic heterocycles. The lowest BCUT2D eigenvalue weighted by Crippen LogP contribution is -2.37. The van der Waals surface area contributed by atoms with Crippen LogP contribution in [0.1, 0.15) is 12.5 Å². The molecule has 0 saturated carbocycles. The molecule has 3 rings (SSSR count). The predicted octanol–water partition coefficient (Wildman–Crippen LogP) is 1.79. The number of ether oxygens (including phenoxy) is 1. The minimum absolute atomic E-state index is 0.399. The summed E-state index contributed by atoms with van der Waals surface area (Å²) in [6.07, 6.45) is 2.58. The SMILES string of the molecule is CCN=CC(CNc1nc(NCCc2ccccc2)cc(N2CCOCC2)n1)=NN. The lowest BCUT2D eigenvalue weighted by molar-refractivity contribution is 0.122. The van der Waals surface area contributed by atoms with Crippen LogP contribution in [0.5, 0.6) is 0 Å². The molecule has 2 aromatic rings. The van der Waals surface area contributed by atoms with E-state index in [1.165, 1.54) is 5.56 Å². The highest BCUT2D eigenvalue weighted by Crippen LogP contribution is 2.19. The third kappa shape index (κ3) is 6.70. The van der Waals surface area contributed by atoms with Crippen LogP contribution in [0, 0.1) is 0 Å². The van der Waals surface area contributed by atoms with Gasteiger partial charge in [-0.2, -0.15) is 15.1 Å². The molecule has 9 heteroatoms. The number of morpholine rings is 1. The molecule has 0 aliphatic carbocycles. The van der Waals surface area contributed by atoms with Crippen molar-refractivity contribution in [3.05, 3.63) is 42.0 Å². The summed E-state index contributed by atoms with van der Waals surface area (Å²) < 4.78 is 5.47. The standard InChI is InChI=1S/C21H30N8O/c1-2-23-15-18(28-22)16-25-21-26-19(24-9-8-17-6-4-3-5-7-17)14-20(27-21)29-10-12-30-13-11-29/h3-7,14-15H,2,8-13,16,22H2,1H3,(H2,24,25,26,27). The Bertz CT molecular complexity index is 834. The third-order valence-electron chi connectivity index (χ3n) is 4.63. The summed E-state index contributed by atoms with van der Waals surface area (Å²) in [6, 6.07) is 12.4. The van der Waals surface area contributed by atoms with Crippen molar-refractivity contribution in [2.24, 2.45) is 15.9 Å². The Hall–Kier alpha value is -3.20. The van der Waals surface area contributed by atoms with Gasteiger partial charge in [0, 0.05) is 38.5 Å². The quantitative estimate of drug-likeness (QED) is 0.311. The number of anilines is 3. The molecule has 1 aromatic heterocycles. The number of hydrogen-bond acceptors (Lipinski definition) is 9. The van der Waals surface area contributed by atoms with E-state index in [2.05, 4.69) is 59.9 Å². The number of hydrogen-bond donors (Lipinski definition) is 3. The molecule has 1 fully saturated rings. The maximum Gasteiger partial charge on any atom is 0.226 e. The van der Waals surface area contributed by atoms with Crippen molar-refractivity contribution in [3.63, 3.8) is 0 Å². The van der Waals surface area contributed by atoms with Crippen LogP contribution in [-0.2, 0) is 11.2 Å². The van der Waals surface area contributed by atoms with E-state index in [1.54, 1.807) is 6.21 Å². The highest BCUT2D eigenvalue weighted by atomic mass is 16.5. The fraction of sp³-hybridized carbons (Fsp3) is 0.429. The van der Waals surface area contributed by atoms with E-state index in [1.807, 2.05) is 19.1 Å². The van der Waals surface area contributed by atoms with Gasteiger partial charge in [0.25, 0.3) is 0 Å². The average Bonchev–Trinajstić information content (AvgIpc) is 2.80. The first-order valence-electron chi connectivity index (χ1n) is 10.3. The first-order valence-corrected chi connectivity index (χ1v) is 10.3. The zero-order valence-electron chi connectivity index (χ0n) is 17.4. The predicted molar refractivity (Wildman–Crippen MR) is 123 cm³/mol. The highest BCUT2D eigenvalue weighted by Gasteiger charge is 2.15. The summed E-state index contributed by atoms with van der Waals surface area (Å²) in [5.41, 5.74) is 1.92. The first kappa shape index (κ1) is 21.5. The summed E-state index contributed by atoms with van der Waals surface area (Å²) in [5.74, 6) is 7.62. The maximum absolute atomic E-state index is 5.47. The minimum Gasteiger partial charge on any atom is -0.378 e. The van der Waals surface area contributed by atoms with Crippen LogP contribution in [0.15, 0.2) is 46.5 Å². The van der Waals surface area contributed by atoms with Crippen LogP contribution in [0.2, 0.25) is 0 Å². The molecule has 0 radical (unpaired) electrons. The number of hydrazone groups is 1. The van der Waals surface area contributed by atoms with Gasteiger partial charge in [0.1, 0.15) is 11.6 Å². The van der Waals surface area contributed by atoms with Gasteiger partial charge >= 0.3 is 0 Å². The first-order chi connectivity index (χ1) is 14.8. The Morgan fingerprint density at radius 2 is 2.00 bits per heavy atom. The van der Waals surface area contributed by atoms with Crippen LogP contribution in [-0.4, -0.2) is 67.8 Å². The van der Waals surface area contributed by atoms with E-state index >= 15 is 0 Å². The smallest absolute Gasteiger partial charge is 0.226 e. The summed E-state index contributed by atoms with van der Waals surface area (Å²) in [5, 5.41) is 10.4. The van der Waals surface area contributed by atoms with E-state index in [0.29, 0.717) is 38.0 Å². The second kappa shape index (κ2) is 11.7. The van der Waals surface area contributed by atoms with E-state index in [4.69, 9.17) is 10.6 Å². The number of nitrogens with two attached hydrogens (primary N) is 1. The number of nitrogens with zero attached hydrogens (tertiary/aromatic N) is 5. The molecule has 30 heavy (non-hydrogen) atoms. The lowest BCUT2D eigenvalue weighted by Gasteiger charge is -2.28. The molecule has 0 amide bonds. The second-order valence-corrected chi connectivity index (χ2v) is 6.80. The second-order valence-electron chi connectivity index (χ2n) is 6.80. The van der Waals surface area contributed by atoms with E-state index in [0.717, 1.165) is 37.7 Å². The van der Waals surface area contributed by atoms with Gasteiger partial charge in [0.05, 0.1) is 25.5 Å². The fourth-order valence-corrected chi connectivity index (χ4v) is 3.03. The van der Waals surface area contributed by atoms with Gasteiger partial charge in [0.2, 0.25) is 5.95 Å². The van der Waals surface area contributed by atoms with E-state index in [9.17, 15) is 0 Å². The lowest BCUT2D eigenvalue weighted by atomic mass is 10.1. The summed E-state index contributed by atoms with van der Waals surface area (Å²) >= 11 is 0. The van der Waals surface area contributed by atoms with Crippen LogP contribution in [0.4, 0.5) is 17.6 Å². The molecule has 1 aliphatic rings. The van der Waals surface area contributed by atoms with Crippen molar-refractivity contribution in [3.8, 4) is 0 Å². The fourth-order valence-electron chi connectivity index (χ4n) is 3.03. The number of nitrogens with one attached hydrogen (secondary N) is 2. The van der Waals surface area contributed by atoms with Crippen molar-refractivity contribution in [2.45, 2.75) is 13.3 Å². The zero-order valence-corrected chi connectivity index (χ0v) is 17.4. The van der Waals surface area contributed by atoms with Gasteiger partial charge in [0.15, 0.2) is 0 Å². The Kier molecular flexibility index (Phi) is 8.40. The summed E-state index contributed by atoms with van der Waals surface area (Å²) in [6.45, 7) is 6.81. The number of aliphatic imine (C=N–C) groups is 1. The number of benzene rings is 1. The molecular weight excluding hydrogens is 380 g/mol. The molecule has 160 valence electrons. The van der Waals surface area contributed by atoms with Gasteiger partial charge in [-0.25, -0.2) is 0 Å². The topological polar surface area (TPSA) is 113 Å². The maximum atomic E-state index is 5.47. The van der Waals surface area contributed by atoms with Crippen molar-refractivity contribution < 1.29 is 4.74 Å². The Labute approximate surface area is 177 Å². The molecule has 0 spiro atoms. The molecular formula is C21H30N8O. The molecule has 9 nitrogen and oxygen atoms in total. The number of rotatable bonds is 10. The van der Waals surface area contributed by atoms with Gasteiger partial charge in [-0.3, -0.25) is 4.99 Å². The minimum atomic E-state index is 0.399. The van der Waals surface area contributed by atoms with Gasteiger partial charge in [-0.05, 0) is 18.9 Å². The Morgan fingerprint density at radius 1 is 1.20 bits per heavy atom. The van der Waals surface area contributed by atoms with Gasteiger partial charge < -0.3 is 26.1 Å². The Balaban J connectivity index is 1.70. The van der Waals surface area contributed by atoms with Gasteiger partial charge in [-0.1, -0.05) is 30.3 Å². The van der Waals surface area contributed by atoms with Crippen LogP contribution >= 0.6 is 0 Å². The average molecular weight is 411 g/mol. The molecule has 0 bridgehead atoms. The van der Waals surface area contributed by atoms with E-state index in [-0.39, 0.29) is 0 Å².